The third-order valence-electron chi connectivity index (χ3n) is 2.55. The van der Waals surface area contributed by atoms with Crippen molar-refractivity contribution in [3.8, 4) is 0 Å². The van der Waals surface area contributed by atoms with Gasteiger partial charge in [0.1, 0.15) is 4.21 Å². The SMILES string of the molecule is COCCNCCOC.Cc1cc2sc(S(N)(=O)=O)cc2s1.Cl. The molecule has 0 saturated carbocycles. The second-order valence-electron chi connectivity index (χ2n) is 4.43. The van der Waals surface area contributed by atoms with Gasteiger partial charge in [-0.3, -0.25) is 0 Å². The maximum atomic E-state index is 11.0. The van der Waals surface area contributed by atoms with Gasteiger partial charge in [0.25, 0.3) is 0 Å². The molecule has 0 spiro atoms. The van der Waals surface area contributed by atoms with Crippen LogP contribution in [0.2, 0.25) is 0 Å². The van der Waals surface area contributed by atoms with Crippen molar-refractivity contribution in [3.05, 3.63) is 17.0 Å². The van der Waals surface area contributed by atoms with Crippen LogP contribution in [0.1, 0.15) is 4.88 Å². The largest absolute Gasteiger partial charge is 0.383 e. The summed E-state index contributed by atoms with van der Waals surface area (Å²) in [5.41, 5.74) is 0. The highest BCUT2D eigenvalue weighted by atomic mass is 35.5. The van der Waals surface area contributed by atoms with Crippen molar-refractivity contribution >= 4 is 54.5 Å². The van der Waals surface area contributed by atoms with E-state index < -0.39 is 10.0 Å². The maximum Gasteiger partial charge on any atom is 0.247 e. The number of hydrogen-bond donors (Lipinski definition) is 2. The van der Waals surface area contributed by atoms with E-state index in [1.165, 1.54) is 16.2 Å². The average Bonchev–Trinajstić information content (AvgIpc) is 2.96. The Morgan fingerprint density at radius 3 is 2.04 bits per heavy atom. The Morgan fingerprint density at radius 2 is 1.61 bits per heavy atom. The number of sulfonamides is 1. The van der Waals surface area contributed by atoms with Gasteiger partial charge >= 0.3 is 0 Å². The Kier molecular flexibility index (Phi) is 11.2. The number of methoxy groups -OCH3 is 2. The van der Waals surface area contributed by atoms with Crippen LogP contribution in [0.3, 0.4) is 0 Å². The molecular weight excluding hydrogens is 380 g/mol. The van der Waals surface area contributed by atoms with Gasteiger partial charge in [-0.05, 0) is 19.1 Å². The summed E-state index contributed by atoms with van der Waals surface area (Å²) in [7, 11) is -0.137. The van der Waals surface area contributed by atoms with Gasteiger partial charge in [0.05, 0.1) is 13.2 Å². The van der Waals surface area contributed by atoms with Gasteiger partial charge in [-0.15, -0.1) is 35.1 Å². The minimum Gasteiger partial charge on any atom is -0.383 e. The second-order valence-corrected chi connectivity index (χ2v) is 8.59. The number of nitrogens with one attached hydrogen (secondary N) is 1. The van der Waals surface area contributed by atoms with Gasteiger partial charge in [-0.25, -0.2) is 13.6 Å². The summed E-state index contributed by atoms with van der Waals surface area (Å²) in [5, 5.41) is 8.14. The number of hydrogen-bond acceptors (Lipinski definition) is 7. The van der Waals surface area contributed by atoms with Crippen molar-refractivity contribution in [2.75, 3.05) is 40.5 Å². The summed E-state index contributed by atoms with van der Waals surface area (Å²) in [6, 6.07) is 3.60. The van der Waals surface area contributed by atoms with Crippen molar-refractivity contribution in [2.45, 2.75) is 11.1 Å². The average molecular weight is 403 g/mol. The van der Waals surface area contributed by atoms with Crippen LogP contribution in [0.5, 0.6) is 0 Å². The van der Waals surface area contributed by atoms with Crippen LogP contribution in [-0.2, 0) is 19.5 Å². The minimum atomic E-state index is -3.52. The third-order valence-corrected chi connectivity index (χ3v) is 6.18. The summed E-state index contributed by atoms with van der Waals surface area (Å²) in [6.45, 7) is 5.33. The smallest absolute Gasteiger partial charge is 0.247 e. The number of primary sulfonamides is 1. The molecule has 6 nitrogen and oxygen atoms in total. The topological polar surface area (TPSA) is 90.7 Å². The number of nitrogens with two attached hydrogens (primary N) is 1. The summed E-state index contributed by atoms with van der Waals surface area (Å²) in [4.78, 5) is 1.18. The Hall–Kier alpha value is -0.260. The molecule has 0 fully saturated rings. The molecule has 2 rings (SSSR count). The molecule has 2 aromatic heterocycles. The number of halogens is 1. The molecule has 134 valence electrons. The number of ether oxygens (including phenoxy) is 2. The molecule has 0 aliphatic heterocycles. The Morgan fingerprint density at radius 1 is 1.09 bits per heavy atom. The third kappa shape index (κ3) is 8.41. The quantitative estimate of drug-likeness (QED) is 0.693. The van der Waals surface area contributed by atoms with Crippen LogP contribution in [0.15, 0.2) is 16.3 Å². The fourth-order valence-electron chi connectivity index (χ4n) is 1.55. The molecule has 0 atom stereocenters. The van der Waals surface area contributed by atoms with E-state index in [2.05, 4.69) is 5.32 Å². The maximum absolute atomic E-state index is 11.0. The molecule has 2 aromatic rings. The molecule has 0 aliphatic rings. The van der Waals surface area contributed by atoms with Gasteiger partial charge in [0, 0.05) is 41.6 Å². The zero-order valence-corrected chi connectivity index (χ0v) is 16.6. The van der Waals surface area contributed by atoms with Gasteiger partial charge in [-0.1, -0.05) is 0 Å². The first-order valence-electron chi connectivity index (χ1n) is 6.60. The van der Waals surface area contributed by atoms with E-state index in [4.69, 9.17) is 14.6 Å². The first kappa shape index (κ1) is 22.7. The number of fused-ring (bicyclic) bond motifs is 1. The molecule has 0 radical (unpaired) electrons. The highest BCUT2D eigenvalue weighted by Gasteiger charge is 2.13. The van der Waals surface area contributed by atoms with E-state index in [1.807, 2.05) is 13.0 Å². The standard InChI is InChI=1S/C7H7NO2S3.C6H15NO2.ClH/c1-4-2-5-6(11-4)3-7(12-5)13(8,9)10;1-8-5-3-7-4-6-9-2;/h2-3H,1H3,(H2,8,9,10);7H,3-6H2,1-2H3;1H. The normalized spacial score (nSPS) is 11.0. The van der Waals surface area contributed by atoms with Crippen LogP contribution >= 0.6 is 35.1 Å². The summed E-state index contributed by atoms with van der Waals surface area (Å²) < 4.78 is 33.8. The zero-order valence-electron chi connectivity index (χ0n) is 13.3. The van der Waals surface area contributed by atoms with E-state index in [-0.39, 0.29) is 16.6 Å². The van der Waals surface area contributed by atoms with Crippen LogP contribution in [0.25, 0.3) is 9.40 Å². The second kappa shape index (κ2) is 11.3. The van der Waals surface area contributed by atoms with Gasteiger partial charge in [-0.2, -0.15) is 0 Å². The Labute approximate surface area is 151 Å². The molecule has 0 aromatic carbocycles. The van der Waals surface area contributed by atoms with E-state index >= 15 is 0 Å². The molecule has 2 heterocycles. The number of rotatable bonds is 7. The van der Waals surface area contributed by atoms with Gasteiger partial charge in [0.2, 0.25) is 10.0 Å². The summed E-state index contributed by atoms with van der Waals surface area (Å²) in [5.74, 6) is 0. The van der Waals surface area contributed by atoms with Crippen molar-refractivity contribution in [3.63, 3.8) is 0 Å². The predicted octanol–water partition coefficient (Wildman–Crippen LogP) is 2.21. The number of aryl methyl sites for hydroxylation is 1. The van der Waals surface area contributed by atoms with Crippen LogP contribution < -0.4 is 10.5 Å². The number of thiophene rings is 2. The van der Waals surface area contributed by atoms with Gasteiger partial charge < -0.3 is 14.8 Å². The lowest BCUT2D eigenvalue weighted by molar-refractivity contribution is 0.180. The monoisotopic (exact) mass is 402 g/mol. The Bertz CT molecular complexity index is 632. The molecule has 0 unspecified atom stereocenters. The summed E-state index contributed by atoms with van der Waals surface area (Å²) >= 11 is 2.80. The molecule has 0 bridgehead atoms. The van der Waals surface area contributed by atoms with Crippen LogP contribution in [-0.4, -0.2) is 48.9 Å². The lowest BCUT2D eigenvalue weighted by Gasteiger charge is -2.01. The van der Waals surface area contributed by atoms with Crippen molar-refractivity contribution in [2.24, 2.45) is 5.14 Å². The van der Waals surface area contributed by atoms with Crippen molar-refractivity contribution in [1.82, 2.24) is 5.32 Å². The summed E-state index contributed by atoms with van der Waals surface area (Å²) in [6.07, 6.45) is 0. The molecular formula is C13H23ClN2O4S3. The predicted molar refractivity (Wildman–Crippen MR) is 99.7 cm³/mol. The molecule has 3 N–H and O–H groups in total. The fourth-order valence-corrected chi connectivity index (χ4v) is 4.69. The lowest BCUT2D eigenvalue weighted by atomic mass is 10.5. The van der Waals surface area contributed by atoms with E-state index in [0.29, 0.717) is 0 Å². The molecule has 10 heteroatoms. The highest BCUT2D eigenvalue weighted by Crippen LogP contribution is 2.34. The zero-order chi connectivity index (χ0) is 16.6. The highest BCUT2D eigenvalue weighted by molar-refractivity contribution is 7.91. The van der Waals surface area contributed by atoms with E-state index in [9.17, 15) is 8.42 Å². The first-order chi connectivity index (χ1) is 10.4. The minimum absolute atomic E-state index is 0. The molecule has 0 saturated heterocycles. The van der Waals surface area contributed by atoms with Crippen LogP contribution in [0.4, 0.5) is 0 Å². The van der Waals surface area contributed by atoms with E-state index in [0.717, 1.165) is 35.7 Å². The molecule has 0 amide bonds. The molecule has 23 heavy (non-hydrogen) atoms. The molecule has 0 aliphatic carbocycles. The Balaban J connectivity index is 0.000000434. The van der Waals surface area contributed by atoms with Crippen LogP contribution in [0, 0.1) is 6.92 Å². The van der Waals surface area contributed by atoms with Gasteiger partial charge in [0.15, 0.2) is 0 Å². The fraction of sp³-hybridized carbons (Fsp3) is 0.538. The van der Waals surface area contributed by atoms with E-state index in [1.54, 1.807) is 31.6 Å². The first-order valence-corrected chi connectivity index (χ1v) is 9.77. The lowest BCUT2D eigenvalue weighted by Crippen LogP contribution is -2.23. The van der Waals surface area contributed by atoms with Crippen molar-refractivity contribution < 1.29 is 17.9 Å². The van der Waals surface area contributed by atoms with Crippen molar-refractivity contribution in [1.29, 1.82) is 0 Å².